The average molecular weight is 461 g/mol. The van der Waals surface area contributed by atoms with Crippen molar-refractivity contribution in [1.29, 1.82) is 0 Å². The SMILES string of the molecule is CC(C)(C)c1ccc(NC(=O)NCc2ccc3ccn(C4CCC(=O)NC4=O)c(=O)c3c2)cc1. The van der Waals surface area contributed by atoms with Crippen molar-refractivity contribution in [2.75, 3.05) is 5.32 Å². The minimum atomic E-state index is -0.716. The van der Waals surface area contributed by atoms with Gasteiger partial charge in [0.05, 0.1) is 0 Å². The number of imide groups is 1. The third-order valence-electron chi connectivity index (χ3n) is 6.01. The summed E-state index contributed by atoms with van der Waals surface area (Å²) in [7, 11) is 0. The molecule has 4 amide bonds. The van der Waals surface area contributed by atoms with E-state index in [0.29, 0.717) is 11.1 Å². The molecule has 0 radical (unpaired) electrons. The first-order chi connectivity index (χ1) is 16.1. The Balaban J connectivity index is 1.45. The lowest BCUT2D eigenvalue weighted by atomic mass is 9.87. The molecule has 0 aliphatic carbocycles. The minimum absolute atomic E-state index is 0.0354. The molecule has 0 bridgehead atoms. The number of amides is 4. The Kier molecular flexibility index (Phi) is 6.24. The largest absolute Gasteiger partial charge is 0.334 e. The Bertz CT molecular complexity index is 1320. The summed E-state index contributed by atoms with van der Waals surface area (Å²) in [6.45, 7) is 6.62. The maximum Gasteiger partial charge on any atom is 0.319 e. The smallest absolute Gasteiger partial charge is 0.319 e. The van der Waals surface area contributed by atoms with E-state index in [1.807, 2.05) is 36.4 Å². The fourth-order valence-electron chi connectivity index (χ4n) is 4.02. The zero-order valence-electron chi connectivity index (χ0n) is 19.5. The van der Waals surface area contributed by atoms with E-state index in [1.54, 1.807) is 18.3 Å². The van der Waals surface area contributed by atoms with Gasteiger partial charge in [0.1, 0.15) is 6.04 Å². The zero-order chi connectivity index (χ0) is 24.5. The van der Waals surface area contributed by atoms with Gasteiger partial charge in [-0.3, -0.25) is 19.7 Å². The summed E-state index contributed by atoms with van der Waals surface area (Å²) in [5.41, 5.74) is 2.35. The van der Waals surface area contributed by atoms with Gasteiger partial charge in [0.15, 0.2) is 0 Å². The number of aromatic nitrogens is 1. The number of pyridine rings is 1. The summed E-state index contributed by atoms with van der Waals surface area (Å²) in [4.78, 5) is 49.1. The Hall–Kier alpha value is -3.94. The normalized spacial score (nSPS) is 16.3. The lowest BCUT2D eigenvalue weighted by molar-refractivity contribution is -0.135. The molecule has 8 nitrogen and oxygen atoms in total. The van der Waals surface area contributed by atoms with Crippen LogP contribution in [0.15, 0.2) is 59.5 Å². The summed E-state index contributed by atoms with van der Waals surface area (Å²) < 4.78 is 1.37. The van der Waals surface area contributed by atoms with Gasteiger partial charge in [-0.05, 0) is 52.6 Å². The Morgan fingerprint density at radius 2 is 1.79 bits per heavy atom. The van der Waals surface area contributed by atoms with Gasteiger partial charge in [-0.15, -0.1) is 0 Å². The second kappa shape index (κ2) is 9.13. The third-order valence-corrected chi connectivity index (χ3v) is 6.01. The molecule has 4 rings (SSSR count). The van der Waals surface area contributed by atoms with E-state index >= 15 is 0 Å². The van der Waals surface area contributed by atoms with Crippen LogP contribution in [0.4, 0.5) is 10.5 Å². The van der Waals surface area contributed by atoms with E-state index < -0.39 is 11.9 Å². The molecule has 3 aromatic rings. The van der Waals surface area contributed by atoms with Gasteiger partial charge < -0.3 is 15.2 Å². The van der Waals surface area contributed by atoms with Crippen LogP contribution in [0.2, 0.25) is 0 Å². The van der Waals surface area contributed by atoms with Gasteiger partial charge in [0, 0.05) is 30.2 Å². The quantitative estimate of drug-likeness (QED) is 0.517. The van der Waals surface area contributed by atoms with E-state index in [4.69, 9.17) is 0 Å². The monoisotopic (exact) mass is 460 g/mol. The highest BCUT2D eigenvalue weighted by Gasteiger charge is 2.28. The number of nitrogens with one attached hydrogen (secondary N) is 3. The fraction of sp³-hybridized carbons (Fsp3) is 0.308. The van der Waals surface area contributed by atoms with E-state index in [2.05, 4.69) is 36.7 Å². The molecule has 1 aromatic heterocycles. The predicted octanol–water partition coefficient (Wildman–Crippen LogP) is 3.60. The molecular weight excluding hydrogens is 432 g/mol. The Labute approximate surface area is 197 Å². The first-order valence-electron chi connectivity index (χ1n) is 11.2. The van der Waals surface area contributed by atoms with Gasteiger partial charge >= 0.3 is 6.03 Å². The molecule has 2 aromatic carbocycles. The predicted molar refractivity (Wildman–Crippen MR) is 131 cm³/mol. The molecule has 2 heterocycles. The van der Waals surface area contributed by atoms with Crippen molar-refractivity contribution in [3.63, 3.8) is 0 Å². The second-order valence-electron chi connectivity index (χ2n) is 9.55. The first-order valence-corrected chi connectivity index (χ1v) is 11.2. The van der Waals surface area contributed by atoms with Crippen molar-refractivity contribution in [2.24, 2.45) is 0 Å². The molecule has 8 heteroatoms. The molecule has 34 heavy (non-hydrogen) atoms. The van der Waals surface area contributed by atoms with Gasteiger partial charge in [0.2, 0.25) is 11.8 Å². The molecule has 1 atom stereocenters. The second-order valence-corrected chi connectivity index (χ2v) is 9.55. The van der Waals surface area contributed by atoms with E-state index in [9.17, 15) is 19.2 Å². The van der Waals surface area contributed by atoms with Crippen molar-refractivity contribution >= 4 is 34.3 Å². The van der Waals surface area contributed by atoms with Crippen LogP contribution < -0.4 is 21.5 Å². The van der Waals surface area contributed by atoms with Crippen LogP contribution in [0.1, 0.15) is 50.8 Å². The van der Waals surface area contributed by atoms with Gasteiger partial charge in [-0.1, -0.05) is 45.0 Å². The number of anilines is 1. The average Bonchev–Trinajstić information content (AvgIpc) is 2.78. The molecule has 0 saturated carbocycles. The summed E-state index contributed by atoms with van der Waals surface area (Å²) >= 11 is 0. The summed E-state index contributed by atoms with van der Waals surface area (Å²) in [5, 5.41) is 9.09. The van der Waals surface area contributed by atoms with Crippen LogP contribution in [0.3, 0.4) is 0 Å². The molecule has 1 aliphatic heterocycles. The summed E-state index contributed by atoms with van der Waals surface area (Å²) in [6.07, 6.45) is 2.06. The number of urea groups is 1. The Morgan fingerprint density at radius 3 is 2.47 bits per heavy atom. The van der Waals surface area contributed by atoms with Crippen molar-refractivity contribution in [1.82, 2.24) is 15.2 Å². The highest BCUT2D eigenvalue weighted by atomic mass is 16.2. The van der Waals surface area contributed by atoms with E-state index in [-0.39, 0.29) is 42.3 Å². The summed E-state index contributed by atoms with van der Waals surface area (Å²) in [5.74, 6) is -0.797. The number of hydrogen-bond acceptors (Lipinski definition) is 4. The van der Waals surface area contributed by atoms with E-state index in [0.717, 1.165) is 10.9 Å². The number of hydrogen-bond donors (Lipinski definition) is 3. The molecule has 1 unspecified atom stereocenters. The van der Waals surface area contributed by atoms with Crippen LogP contribution >= 0.6 is 0 Å². The fourth-order valence-corrected chi connectivity index (χ4v) is 4.02. The minimum Gasteiger partial charge on any atom is -0.334 e. The molecule has 1 saturated heterocycles. The van der Waals surface area contributed by atoms with Gasteiger partial charge in [-0.25, -0.2) is 4.79 Å². The van der Waals surface area contributed by atoms with Crippen LogP contribution in [0.25, 0.3) is 10.8 Å². The maximum absolute atomic E-state index is 13.1. The molecule has 3 N–H and O–H groups in total. The van der Waals surface area contributed by atoms with Gasteiger partial charge in [-0.2, -0.15) is 0 Å². The number of benzene rings is 2. The topological polar surface area (TPSA) is 109 Å². The molecule has 0 spiro atoms. The standard InChI is InChI=1S/C26H28N4O4/c1-26(2,3)18-6-8-19(9-7-18)28-25(34)27-15-16-4-5-17-12-13-30(24(33)20(17)14-16)21-10-11-22(31)29-23(21)32/h4-9,12-14,21H,10-11,15H2,1-3H3,(H2,27,28,34)(H,29,31,32). The third kappa shape index (κ3) is 5.01. The van der Waals surface area contributed by atoms with Crippen LogP contribution in [0, 0.1) is 0 Å². The summed E-state index contributed by atoms with van der Waals surface area (Å²) in [6, 6.07) is 13.8. The molecule has 1 fully saturated rings. The number of carbonyl (C=O) groups excluding carboxylic acids is 3. The number of carbonyl (C=O) groups is 3. The van der Waals surface area contributed by atoms with Crippen LogP contribution in [0.5, 0.6) is 0 Å². The zero-order valence-corrected chi connectivity index (χ0v) is 19.5. The number of rotatable bonds is 4. The van der Waals surface area contributed by atoms with Crippen molar-refractivity contribution in [2.45, 2.75) is 51.6 Å². The first kappa shape index (κ1) is 23.2. The Morgan fingerprint density at radius 1 is 1.06 bits per heavy atom. The maximum atomic E-state index is 13.1. The highest BCUT2D eigenvalue weighted by Crippen LogP contribution is 2.23. The van der Waals surface area contributed by atoms with Gasteiger partial charge in [0.25, 0.3) is 5.56 Å². The van der Waals surface area contributed by atoms with Crippen molar-refractivity contribution in [3.8, 4) is 0 Å². The molecule has 1 aliphatic rings. The number of nitrogens with zero attached hydrogens (tertiary/aromatic N) is 1. The van der Waals surface area contributed by atoms with Crippen LogP contribution in [-0.4, -0.2) is 22.4 Å². The number of fused-ring (bicyclic) bond motifs is 1. The molecular formula is C26H28N4O4. The number of piperidine rings is 1. The van der Waals surface area contributed by atoms with Crippen molar-refractivity contribution < 1.29 is 14.4 Å². The van der Waals surface area contributed by atoms with Crippen molar-refractivity contribution in [3.05, 3.63) is 76.2 Å². The highest BCUT2D eigenvalue weighted by molar-refractivity contribution is 5.99. The molecule has 176 valence electrons. The lowest BCUT2D eigenvalue weighted by Gasteiger charge is -2.23. The van der Waals surface area contributed by atoms with Crippen LogP contribution in [-0.2, 0) is 21.5 Å². The van der Waals surface area contributed by atoms with E-state index in [1.165, 1.54) is 10.1 Å². The lowest BCUT2D eigenvalue weighted by Crippen LogP contribution is -2.44.